The highest BCUT2D eigenvalue weighted by molar-refractivity contribution is 5.85. The second-order valence-electron chi connectivity index (χ2n) is 2.71. The van der Waals surface area contributed by atoms with Crippen molar-refractivity contribution in [1.29, 1.82) is 0 Å². The van der Waals surface area contributed by atoms with Crippen molar-refractivity contribution in [1.82, 2.24) is 10.6 Å². The Labute approximate surface area is 79.6 Å². The molecule has 2 aliphatic rings. The van der Waals surface area contributed by atoms with Crippen LogP contribution >= 0.6 is 24.8 Å². The molecule has 0 aromatic carbocycles. The van der Waals surface area contributed by atoms with E-state index in [0.29, 0.717) is 6.04 Å². The number of hydrogen-bond acceptors (Lipinski definition) is 2. The summed E-state index contributed by atoms with van der Waals surface area (Å²) >= 11 is 0. The van der Waals surface area contributed by atoms with Crippen LogP contribution in [0, 0.1) is 0 Å². The molecule has 4 heteroatoms. The number of fused-ring (bicyclic) bond motifs is 1. The summed E-state index contributed by atoms with van der Waals surface area (Å²) in [7, 11) is 0. The van der Waals surface area contributed by atoms with Crippen LogP contribution < -0.4 is 10.6 Å². The lowest BCUT2D eigenvalue weighted by atomic mass is 10.1. The summed E-state index contributed by atoms with van der Waals surface area (Å²) in [6.07, 6.45) is 3.58. The van der Waals surface area contributed by atoms with Crippen molar-refractivity contribution < 1.29 is 0 Å². The largest absolute Gasteiger partial charge is 0.311 e. The van der Waals surface area contributed by atoms with E-state index in [1.807, 2.05) is 0 Å². The predicted octanol–water partition coefficient (Wildman–Crippen LogP) is 0.721. The Hall–Kier alpha value is 0.240. The normalized spacial score (nSPS) is 27.6. The molecule has 0 amide bonds. The lowest BCUT2D eigenvalue weighted by Gasteiger charge is -2.17. The SMILES string of the molecule is C1=C2CNC[C@@H]2NCC1.Cl.Cl. The van der Waals surface area contributed by atoms with Gasteiger partial charge in [-0.15, -0.1) is 24.8 Å². The highest BCUT2D eigenvalue weighted by Crippen LogP contribution is 2.11. The Morgan fingerprint density at radius 1 is 1.36 bits per heavy atom. The van der Waals surface area contributed by atoms with Crippen LogP contribution in [0.25, 0.3) is 0 Å². The molecule has 2 nitrogen and oxygen atoms in total. The average Bonchev–Trinajstić information content (AvgIpc) is 2.33. The summed E-state index contributed by atoms with van der Waals surface area (Å²) in [5.41, 5.74) is 1.57. The summed E-state index contributed by atoms with van der Waals surface area (Å²) in [5, 5.41) is 6.78. The highest BCUT2D eigenvalue weighted by atomic mass is 35.5. The molecule has 66 valence electrons. The topological polar surface area (TPSA) is 24.1 Å². The minimum absolute atomic E-state index is 0. The Morgan fingerprint density at radius 2 is 2.18 bits per heavy atom. The molecule has 0 spiro atoms. The zero-order valence-electron chi connectivity index (χ0n) is 6.30. The molecule has 1 atom stereocenters. The Kier molecular flexibility index (Phi) is 5.10. The fraction of sp³-hybridized carbons (Fsp3) is 0.714. The van der Waals surface area contributed by atoms with E-state index < -0.39 is 0 Å². The molecular formula is C7H14Cl2N2. The number of hydrogen-bond donors (Lipinski definition) is 2. The van der Waals surface area contributed by atoms with Gasteiger partial charge < -0.3 is 10.6 Å². The molecule has 0 aromatic rings. The summed E-state index contributed by atoms with van der Waals surface area (Å²) in [5.74, 6) is 0. The quantitative estimate of drug-likeness (QED) is 0.559. The van der Waals surface area contributed by atoms with Crippen molar-refractivity contribution in [2.24, 2.45) is 0 Å². The van der Waals surface area contributed by atoms with Gasteiger partial charge >= 0.3 is 0 Å². The number of nitrogens with one attached hydrogen (secondary N) is 2. The van der Waals surface area contributed by atoms with Crippen molar-refractivity contribution in [2.45, 2.75) is 12.5 Å². The maximum Gasteiger partial charge on any atom is 0.0418 e. The van der Waals surface area contributed by atoms with E-state index in [4.69, 9.17) is 0 Å². The molecule has 0 unspecified atom stereocenters. The lowest BCUT2D eigenvalue weighted by molar-refractivity contribution is 0.579. The first-order chi connectivity index (χ1) is 4.47. The molecule has 0 radical (unpaired) electrons. The van der Waals surface area contributed by atoms with Crippen LogP contribution in [-0.2, 0) is 0 Å². The first-order valence-electron chi connectivity index (χ1n) is 3.60. The third-order valence-electron chi connectivity index (χ3n) is 2.07. The van der Waals surface area contributed by atoms with Crippen LogP contribution in [0.3, 0.4) is 0 Å². The van der Waals surface area contributed by atoms with Crippen LogP contribution in [0.1, 0.15) is 6.42 Å². The van der Waals surface area contributed by atoms with Gasteiger partial charge in [-0.05, 0) is 18.5 Å². The highest BCUT2D eigenvalue weighted by Gasteiger charge is 2.20. The molecule has 1 saturated heterocycles. The van der Waals surface area contributed by atoms with Gasteiger partial charge in [-0.2, -0.15) is 0 Å². The van der Waals surface area contributed by atoms with E-state index >= 15 is 0 Å². The predicted molar refractivity (Wildman–Crippen MR) is 51.9 cm³/mol. The minimum Gasteiger partial charge on any atom is -0.311 e. The van der Waals surface area contributed by atoms with Crippen LogP contribution in [0.5, 0.6) is 0 Å². The Morgan fingerprint density at radius 3 is 2.91 bits per heavy atom. The van der Waals surface area contributed by atoms with Crippen molar-refractivity contribution in [3.05, 3.63) is 11.6 Å². The van der Waals surface area contributed by atoms with Gasteiger partial charge in [0.1, 0.15) is 0 Å². The molecule has 0 saturated carbocycles. The Balaban J connectivity index is 0.000000500. The van der Waals surface area contributed by atoms with Crippen molar-refractivity contribution in [3.63, 3.8) is 0 Å². The van der Waals surface area contributed by atoms with Crippen LogP contribution in [0.15, 0.2) is 11.6 Å². The van der Waals surface area contributed by atoms with E-state index in [0.717, 1.165) is 19.6 Å². The second-order valence-corrected chi connectivity index (χ2v) is 2.71. The first-order valence-corrected chi connectivity index (χ1v) is 3.60. The van der Waals surface area contributed by atoms with Gasteiger partial charge in [0, 0.05) is 19.1 Å². The minimum atomic E-state index is 0. The van der Waals surface area contributed by atoms with Gasteiger partial charge in [-0.25, -0.2) is 0 Å². The van der Waals surface area contributed by atoms with Crippen molar-refractivity contribution >= 4 is 24.8 Å². The van der Waals surface area contributed by atoms with E-state index in [9.17, 15) is 0 Å². The molecule has 2 N–H and O–H groups in total. The monoisotopic (exact) mass is 196 g/mol. The van der Waals surface area contributed by atoms with Gasteiger partial charge in [0.25, 0.3) is 0 Å². The fourth-order valence-corrected chi connectivity index (χ4v) is 1.55. The van der Waals surface area contributed by atoms with Crippen LogP contribution in [0.4, 0.5) is 0 Å². The summed E-state index contributed by atoms with van der Waals surface area (Å²) in [6.45, 7) is 3.40. The maximum absolute atomic E-state index is 3.45. The van der Waals surface area contributed by atoms with E-state index in [1.54, 1.807) is 5.57 Å². The third kappa shape index (κ3) is 2.34. The second kappa shape index (κ2) is 4.99. The third-order valence-corrected chi connectivity index (χ3v) is 2.07. The van der Waals surface area contributed by atoms with Crippen molar-refractivity contribution in [2.75, 3.05) is 19.6 Å². The number of rotatable bonds is 0. The first kappa shape index (κ1) is 11.2. The lowest BCUT2D eigenvalue weighted by Crippen LogP contribution is -2.35. The van der Waals surface area contributed by atoms with Gasteiger partial charge in [0.2, 0.25) is 0 Å². The van der Waals surface area contributed by atoms with Gasteiger partial charge in [0.15, 0.2) is 0 Å². The molecular weight excluding hydrogens is 183 g/mol. The Bertz CT molecular complexity index is 147. The average molecular weight is 197 g/mol. The number of halogens is 2. The summed E-state index contributed by atoms with van der Waals surface area (Å²) in [6, 6.07) is 0.666. The molecule has 11 heavy (non-hydrogen) atoms. The van der Waals surface area contributed by atoms with Crippen LogP contribution in [0.2, 0.25) is 0 Å². The van der Waals surface area contributed by atoms with E-state index in [2.05, 4.69) is 16.7 Å². The zero-order chi connectivity index (χ0) is 6.10. The fourth-order valence-electron chi connectivity index (χ4n) is 1.55. The molecule has 0 aromatic heterocycles. The van der Waals surface area contributed by atoms with Gasteiger partial charge in [-0.1, -0.05) is 6.08 Å². The molecule has 0 aliphatic carbocycles. The zero-order valence-corrected chi connectivity index (χ0v) is 7.93. The van der Waals surface area contributed by atoms with Crippen molar-refractivity contribution in [3.8, 4) is 0 Å². The van der Waals surface area contributed by atoms with Gasteiger partial charge in [-0.3, -0.25) is 0 Å². The molecule has 2 aliphatic heterocycles. The van der Waals surface area contributed by atoms with Crippen LogP contribution in [-0.4, -0.2) is 25.7 Å². The van der Waals surface area contributed by atoms with E-state index in [-0.39, 0.29) is 24.8 Å². The van der Waals surface area contributed by atoms with E-state index in [1.165, 1.54) is 6.42 Å². The molecule has 2 heterocycles. The molecule has 1 fully saturated rings. The maximum atomic E-state index is 3.45. The molecule has 0 bridgehead atoms. The van der Waals surface area contributed by atoms with Gasteiger partial charge in [0.05, 0.1) is 0 Å². The summed E-state index contributed by atoms with van der Waals surface area (Å²) < 4.78 is 0. The standard InChI is InChI=1S/C7H12N2.2ClH/c1-2-6-4-8-5-7(6)9-3-1;;/h2,7-9H,1,3-5H2;2*1H/t7-;;/m0../s1. The smallest absolute Gasteiger partial charge is 0.0418 e. The summed E-state index contributed by atoms with van der Waals surface area (Å²) in [4.78, 5) is 0. The molecule has 2 rings (SSSR count).